The SMILES string of the molecule is [c]1ccc2c(n1)N(c1ccc3c(n1)NCCC3)CCC2. The van der Waals surface area contributed by atoms with Crippen molar-refractivity contribution in [2.24, 2.45) is 0 Å². The molecule has 101 valence electrons. The first-order chi connectivity index (χ1) is 9.92. The highest BCUT2D eigenvalue weighted by atomic mass is 15.2. The number of hydrogen-bond donors (Lipinski definition) is 1. The Morgan fingerprint density at radius 2 is 2.05 bits per heavy atom. The minimum Gasteiger partial charge on any atom is -0.370 e. The lowest BCUT2D eigenvalue weighted by Crippen LogP contribution is -2.27. The molecule has 0 amide bonds. The molecule has 4 heteroatoms. The van der Waals surface area contributed by atoms with Crippen molar-refractivity contribution in [2.45, 2.75) is 25.7 Å². The highest BCUT2D eigenvalue weighted by Crippen LogP contribution is 2.32. The average molecular weight is 265 g/mol. The van der Waals surface area contributed by atoms with Gasteiger partial charge >= 0.3 is 0 Å². The van der Waals surface area contributed by atoms with E-state index in [1.807, 2.05) is 6.07 Å². The Bertz CT molecular complexity index is 638. The monoisotopic (exact) mass is 265 g/mol. The van der Waals surface area contributed by atoms with Gasteiger partial charge in [-0.2, -0.15) is 0 Å². The van der Waals surface area contributed by atoms with Crippen LogP contribution >= 0.6 is 0 Å². The van der Waals surface area contributed by atoms with E-state index in [0.29, 0.717) is 0 Å². The van der Waals surface area contributed by atoms with Gasteiger partial charge in [0.2, 0.25) is 0 Å². The Morgan fingerprint density at radius 3 is 3.05 bits per heavy atom. The number of aryl methyl sites for hydroxylation is 2. The van der Waals surface area contributed by atoms with Crippen molar-refractivity contribution in [1.29, 1.82) is 0 Å². The molecule has 4 rings (SSSR count). The highest BCUT2D eigenvalue weighted by molar-refractivity contribution is 5.64. The molecule has 0 saturated heterocycles. The predicted molar refractivity (Wildman–Crippen MR) is 79.4 cm³/mol. The molecule has 2 aromatic rings. The lowest BCUT2D eigenvalue weighted by Gasteiger charge is -2.30. The molecule has 4 heterocycles. The summed E-state index contributed by atoms with van der Waals surface area (Å²) in [5.41, 5.74) is 2.62. The summed E-state index contributed by atoms with van der Waals surface area (Å²) in [5, 5.41) is 3.40. The van der Waals surface area contributed by atoms with Crippen molar-refractivity contribution in [3.8, 4) is 0 Å². The van der Waals surface area contributed by atoms with Gasteiger partial charge in [-0.25, -0.2) is 9.97 Å². The first-order valence-electron chi connectivity index (χ1n) is 7.29. The Hall–Kier alpha value is -2.10. The Labute approximate surface area is 118 Å². The van der Waals surface area contributed by atoms with E-state index in [0.717, 1.165) is 49.8 Å². The molecule has 0 aromatic carbocycles. The second kappa shape index (κ2) is 4.78. The van der Waals surface area contributed by atoms with Crippen LogP contribution in [-0.2, 0) is 12.8 Å². The van der Waals surface area contributed by atoms with Crippen LogP contribution in [0.5, 0.6) is 0 Å². The molecule has 2 aliphatic rings. The topological polar surface area (TPSA) is 41.1 Å². The van der Waals surface area contributed by atoms with Crippen LogP contribution < -0.4 is 10.2 Å². The van der Waals surface area contributed by atoms with E-state index < -0.39 is 0 Å². The molecule has 20 heavy (non-hydrogen) atoms. The Balaban J connectivity index is 1.75. The maximum atomic E-state index is 4.80. The van der Waals surface area contributed by atoms with Crippen LogP contribution in [0.1, 0.15) is 24.0 Å². The summed E-state index contributed by atoms with van der Waals surface area (Å²) in [6, 6.07) is 8.33. The van der Waals surface area contributed by atoms with E-state index in [2.05, 4.69) is 39.6 Å². The maximum Gasteiger partial charge on any atom is 0.138 e. The summed E-state index contributed by atoms with van der Waals surface area (Å²) in [6.45, 7) is 2.00. The predicted octanol–water partition coefficient (Wildman–Crippen LogP) is 2.72. The van der Waals surface area contributed by atoms with E-state index >= 15 is 0 Å². The van der Waals surface area contributed by atoms with Gasteiger partial charge in [0.25, 0.3) is 0 Å². The zero-order chi connectivity index (χ0) is 13.4. The second-order valence-electron chi connectivity index (χ2n) is 5.39. The van der Waals surface area contributed by atoms with Crippen molar-refractivity contribution < 1.29 is 0 Å². The molecule has 0 atom stereocenters. The molecule has 0 aliphatic carbocycles. The summed E-state index contributed by atoms with van der Waals surface area (Å²) in [4.78, 5) is 11.4. The number of nitrogens with zero attached hydrogens (tertiary/aromatic N) is 3. The summed E-state index contributed by atoms with van der Waals surface area (Å²) in [6.07, 6.45) is 7.50. The second-order valence-corrected chi connectivity index (χ2v) is 5.39. The van der Waals surface area contributed by atoms with Gasteiger partial charge in [0.1, 0.15) is 17.5 Å². The molecular formula is C16H17N4. The first kappa shape index (κ1) is 11.7. The van der Waals surface area contributed by atoms with Crippen LogP contribution in [0.15, 0.2) is 24.3 Å². The number of hydrogen-bond acceptors (Lipinski definition) is 4. The third kappa shape index (κ3) is 1.92. The summed E-state index contributed by atoms with van der Waals surface area (Å²) < 4.78 is 0. The molecule has 0 unspecified atom stereocenters. The van der Waals surface area contributed by atoms with E-state index in [-0.39, 0.29) is 0 Å². The minimum atomic E-state index is 0.976. The molecule has 0 saturated carbocycles. The lowest BCUT2D eigenvalue weighted by atomic mass is 10.0. The summed E-state index contributed by atoms with van der Waals surface area (Å²) in [5.74, 6) is 3.05. The van der Waals surface area contributed by atoms with Gasteiger partial charge in [-0.05, 0) is 48.9 Å². The fourth-order valence-corrected chi connectivity index (χ4v) is 3.04. The van der Waals surface area contributed by atoms with E-state index in [4.69, 9.17) is 4.98 Å². The highest BCUT2D eigenvalue weighted by Gasteiger charge is 2.21. The minimum absolute atomic E-state index is 0.976. The quantitative estimate of drug-likeness (QED) is 0.860. The normalized spacial score (nSPS) is 17.1. The summed E-state index contributed by atoms with van der Waals surface area (Å²) in [7, 11) is 0. The Morgan fingerprint density at radius 1 is 1.10 bits per heavy atom. The van der Waals surface area contributed by atoms with E-state index in [1.54, 1.807) is 0 Å². The zero-order valence-electron chi connectivity index (χ0n) is 11.4. The van der Waals surface area contributed by atoms with Crippen molar-refractivity contribution in [1.82, 2.24) is 9.97 Å². The molecule has 4 nitrogen and oxygen atoms in total. The fraction of sp³-hybridized carbons (Fsp3) is 0.375. The smallest absolute Gasteiger partial charge is 0.138 e. The number of aromatic nitrogens is 2. The fourth-order valence-electron chi connectivity index (χ4n) is 3.04. The van der Waals surface area contributed by atoms with Crippen LogP contribution in [0, 0.1) is 6.20 Å². The number of nitrogens with one attached hydrogen (secondary N) is 1. The molecule has 1 N–H and O–H groups in total. The molecule has 1 radical (unpaired) electrons. The molecule has 0 spiro atoms. The number of fused-ring (bicyclic) bond motifs is 2. The van der Waals surface area contributed by atoms with Gasteiger partial charge in [-0.3, -0.25) is 0 Å². The van der Waals surface area contributed by atoms with Crippen LogP contribution in [0.25, 0.3) is 0 Å². The lowest BCUT2D eigenvalue weighted by molar-refractivity contribution is 0.742. The van der Waals surface area contributed by atoms with Gasteiger partial charge in [0.15, 0.2) is 0 Å². The van der Waals surface area contributed by atoms with Crippen LogP contribution in [0.2, 0.25) is 0 Å². The van der Waals surface area contributed by atoms with Gasteiger partial charge in [-0.1, -0.05) is 12.1 Å². The van der Waals surface area contributed by atoms with Crippen molar-refractivity contribution >= 4 is 17.5 Å². The van der Waals surface area contributed by atoms with Gasteiger partial charge in [0, 0.05) is 13.1 Å². The maximum absolute atomic E-state index is 4.80. The molecule has 0 fully saturated rings. The zero-order valence-corrected chi connectivity index (χ0v) is 11.4. The molecule has 0 bridgehead atoms. The number of rotatable bonds is 1. The van der Waals surface area contributed by atoms with Crippen molar-refractivity contribution in [3.05, 3.63) is 41.6 Å². The molecule has 2 aliphatic heterocycles. The number of anilines is 3. The van der Waals surface area contributed by atoms with Crippen LogP contribution in [-0.4, -0.2) is 23.1 Å². The molecular weight excluding hydrogens is 248 g/mol. The van der Waals surface area contributed by atoms with Crippen LogP contribution in [0.4, 0.5) is 17.5 Å². The number of pyridine rings is 2. The van der Waals surface area contributed by atoms with Crippen molar-refractivity contribution in [3.63, 3.8) is 0 Å². The standard InChI is InChI=1S/C16H17N4/c1-4-12-7-8-14(19-15(12)17-9-1)20-11-3-6-13-5-2-10-18-16(13)20/h2,5,7-8H,1,3-4,6,9,11H2,(H,17,19). The summed E-state index contributed by atoms with van der Waals surface area (Å²) >= 11 is 0. The van der Waals surface area contributed by atoms with Gasteiger partial charge in [0.05, 0.1) is 6.20 Å². The Kier molecular flexibility index (Phi) is 2.80. The molecule has 2 aromatic heterocycles. The van der Waals surface area contributed by atoms with E-state index in [9.17, 15) is 0 Å². The third-order valence-electron chi connectivity index (χ3n) is 4.06. The van der Waals surface area contributed by atoms with Gasteiger partial charge < -0.3 is 10.2 Å². The van der Waals surface area contributed by atoms with E-state index in [1.165, 1.54) is 17.5 Å². The first-order valence-corrected chi connectivity index (χ1v) is 7.29. The average Bonchev–Trinajstić information content (AvgIpc) is 2.54. The van der Waals surface area contributed by atoms with Crippen LogP contribution in [0.3, 0.4) is 0 Å². The van der Waals surface area contributed by atoms with Gasteiger partial charge in [-0.15, -0.1) is 0 Å². The largest absolute Gasteiger partial charge is 0.370 e. The van der Waals surface area contributed by atoms with Crippen molar-refractivity contribution in [2.75, 3.05) is 23.3 Å². The third-order valence-corrected chi connectivity index (χ3v) is 4.06.